The van der Waals surface area contributed by atoms with Gasteiger partial charge in [-0.1, -0.05) is 18.2 Å². The predicted octanol–water partition coefficient (Wildman–Crippen LogP) is 5.35. The summed E-state index contributed by atoms with van der Waals surface area (Å²) in [5.74, 6) is 0.854. The van der Waals surface area contributed by atoms with E-state index in [1.54, 1.807) is 0 Å². The highest BCUT2D eigenvalue weighted by Gasteiger charge is 2.14. The zero-order chi connectivity index (χ0) is 17.4. The molecule has 1 aromatic heterocycles. The van der Waals surface area contributed by atoms with Crippen LogP contribution in [0.25, 0.3) is 10.8 Å². The second-order valence-electron chi connectivity index (χ2n) is 6.77. The van der Waals surface area contributed by atoms with Crippen molar-refractivity contribution in [2.45, 2.75) is 47.6 Å². The lowest BCUT2D eigenvalue weighted by Crippen LogP contribution is -2.11. The number of aromatic nitrogens is 2. The maximum Gasteiger partial charge on any atom is 0.157 e. The van der Waals surface area contributed by atoms with Crippen LogP contribution in [0.2, 0.25) is 0 Å². The van der Waals surface area contributed by atoms with E-state index in [1.807, 2.05) is 6.92 Å². The molecule has 0 aliphatic carbocycles. The van der Waals surface area contributed by atoms with E-state index in [9.17, 15) is 0 Å². The van der Waals surface area contributed by atoms with Gasteiger partial charge in [0.05, 0.1) is 11.7 Å². The van der Waals surface area contributed by atoms with Gasteiger partial charge in [0.1, 0.15) is 0 Å². The Morgan fingerprint density at radius 1 is 0.833 bits per heavy atom. The van der Waals surface area contributed by atoms with Crippen molar-refractivity contribution in [2.24, 2.45) is 0 Å². The smallest absolute Gasteiger partial charge is 0.157 e. The molecule has 3 rings (SSSR count). The summed E-state index contributed by atoms with van der Waals surface area (Å²) >= 11 is 0. The number of fused-ring (bicyclic) bond motifs is 1. The average Bonchev–Trinajstić information content (AvgIpc) is 2.54. The fourth-order valence-corrected chi connectivity index (χ4v) is 3.18. The van der Waals surface area contributed by atoms with E-state index in [-0.39, 0.29) is 6.04 Å². The van der Waals surface area contributed by atoms with E-state index in [0.717, 1.165) is 16.9 Å². The van der Waals surface area contributed by atoms with Crippen LogP contribution in [0, 0.1) is 34.6 Å². The summed E-state index contributed by atoms with van der Waals surface area (Å²) in [5, 5.41) is 14.7. The maximum absolute atomic E-state index is 4.43. The van der Waals surface area contributed by atoms with Crippen molar-refractivity contribution >= 4 is 16.6 Å². The molecule has 3 aromatic rings. The highest BCUT2D eigenvalue weighted by molar-refractivity contribution is 5.94. The summed E-state index contributed by atoms with van der Waals surface area (Å²) in [6.45, 7) is 12.8. The standard InChI is InChI=1S/C21H25N3/c1-12-8-7-9-18(15(12)4)16(5)22-21-20-11-14(3)13(2)10-19(20)17(6)23-24-21/h7-11,16H,1-6H3,(H,22,24)/t16-/m1/s1. The molecule has 24 heavy (non-hydrogen) atoms. The van der Waals surface area contributed by atoms with E-state index >= 15 is 0 Å². The summed E-state index contributed by atoms with van der Waals surface area (Å²) in [6, 6.07) is 11.0. The van der Waals surface area contributed by atoms with Crippen molar-refractivity contribution in [2.75, 3.05) is 5.32 Å². The Hall–Kier alpha value is -2.42. The van der Waals surface area contributed by atoms with Gasteiger partial charge in [-0.3, -0.25) is 0 Å². The first kappa shape index (κ1) is 16.4. The molecular weight excluding hydrogens is 294 g/mol. The van der Waals surface area contributed by atoms with Crippen LogP contribution in [-0.4, -0.2) is 10.2 Å². The summed E-state index contributed by atoms with van der Waals surface area (Å²) in [7, 11) is 0. The number of anilines is 1. The van der Waals surface area contributed by atoms with Crippen LogP contribution in [0.15, 0.2) is 30.3 Å². The first-order valence-electron chi connectivity index (χ1n) is 8.45. The number of nitrogens with one attached hydrogen (secondary N) is 1. The van der Waals surface area contributed by atoms with Crippen molar-refractivity contribution in [3.8, 4) is 0 Å². The lowest BCUT2D eigenvalue weighted by molar-refractivity contribution is 0.851. The van der Waals surface area contributed by atoms with Crippen molar-refractivity contribution in [3.63, 3.8) is 0 Å². The number of nitrogens with zero attached hydrogens (tertiary/aromatic N) is 2. The number of benzene rings is 2. The quantitative estimate of drug-likeness (QED) is 0.707. The summed E-state index contributed by atoms with van der Waals surface area (Å²) in [4.78, 5) is 0. The molecule has 3 heteroatoms. The summed E-state index contributed by atoms with van der Waals surface area (Å²) in [5.41, 5.74) is 7.47. The second-order valence-corrected chi connectivity index (χ2v) is 6.77. The lowest BCUT2D eigenvalue weighted by atomic mass is 9.98. The van der Waals surface area contributed by atoms with Gasteiger partial charge in [0.25, 0.3) is 0 Å². The van der Waals surface area contributed by atoms with Gasteiger partial charge >= 0.3 is 0 Å². The topological polar surface area (TPSA) is 37.8 Å². The van der Waals surface area contributed by atoms with Crippen LogP contribution in [0.1, 0.15) is 46.5 Å². The zero-order valence-corrected chi connectivity index (χ0v) is 15.4. The molecule has 0 bridgehead atoms. The van der Waals surface area contributed by atoms with Crippen molar-refractivity contribution in [3.05, 3.63) is 63.8 Å². The Bertz CT molecular complexity index is 913. The highest BCUT2D eigenvalue weighted by Crippen LogP contribution is 2.29. The summed E-state index contributed by atoms with van der Waals surface area (Å²) in [6.07, 6.45) is 0. The Morgan fingerprint density at radius 2 is 1.50 bits per heavy atom. The van der Waals surface area contributed by atoms with Gasteiger partial charge in [-0.15, -0.1) is 5.10 Å². The first-order valence-corrected chi connectivity index (χ1v) is 8.45. The molecule has 0 fully saturated rings. The molecule has 3 nitrogen and oxygen atoms in total. The Kier molecular flexibility index (Phi) is 4.27. The summed E-state index contributed by atoms with van der Waals surface area (Å²) < 4.78 is 0. The van der Waals surface area contributed by atoms with Crippen LogP contribution < -0.4 is 5.32 Å². The van der Waals surface area contributed by atoms with Gasteiger partial charge in [-0.05, 0) is 81.5 Å². The average molecular weight is 319 g/mol. The zero-order valence-electron chi connectivity index (χ0n) is 15.4. The molecule has 0 radical (unpaired) electrons. The van der Waals surface area contributed by atoms with E-state index in [1.165, 1.54) is 33.2 Å². The van der Waals surface area contributed by atoms with E-state index < -0.39 is 0 Å². The Labute approximate surface area is 144 Å². The normalized spacial score (nSPS) is 12.4. The van der Waals surface area contributed by atoms with Gasteiger partial charge in [-0.25, -0.2) is 0 Å². The fraction of sp³-hybridized carbons (Fsp3) is 0.333. The van der Waals surface area contributed by atoms with Crippen molar-refractivity contribution < 1.29 is 0 Å². The lowest BCUT2D eigenvalue weighted by Gasteiger charge is -2.19. The number of hydrogen-bond acceptors (Lipinski definition) is 3. The molecular formula is C21H25N3. The first-order chi connectivity index (χ1) is 11.4. The van der Waals surface area contributed by atoms with Crippen molar-refractivity contribution in [1.29, 1.82) is 0 Å². The SMILES string of the molecule is Cc1cc2c(C)nnc(N[C@H](C)c3cccc(C)c3C)c2cc1C. The third-order valence-electron chi connectivity index (χ3n) is 5.05. The number of hydrogen-bond donors (Lipinski definition) is 1. The molecule has 0 amide bonds. The van der Waals surface area contributed by atoms with Gasteiger partial charge in [0.2, 0.25) is 0 Å². The molecule has 1 heterocycles. The molecule has 0 aliphatic rings. The minimum Gasteiger partial charge on any atom is -0.362 e. The second kappa shape index (κ2) is 6.23. The third kappa shape index (κ3) is 2.86. The number of aryl methyl sites for hydroxylation is 4. The van der Waals surface area contributed by atoms with Gasteiger partial charge < -0.3 is 5.32 Å². The Balaban J connectivity index is 2.05. The minimum atomic E-state index is 0.173. The van der Waals surface area contributed by atoms with Gasteiger partial charge in [-0.2, -0.15) is 5.10 Å². The fourth-order valence-electron chi connectivity index (χ4n) is 3.18. The molecule has 1 atom stereocenters. The molecule has 0 aliphatic heterocycles. The highest BCUT2D eigenvalue weighted by atomic mass is 15.2. The van der Waals surface area contributed by atoms with Crippen molar-refractivity contribution in [1.82, 2.24) is 10.2 Å². The molecule has 0 saturated heterocycles. The molecule has 0 spiro atoms. The van der Waals surface area contributed by atoms with Crippen LogP contribution in [-0.2, 0) is 0 Å². The minimum absolute atomic E-state index is 0.173. The molecule has 1 N–H and O–H groups in total. The molecule has 0 unspecified atom stereocenters. The van der Waals surface area contributed by atoms with Crippen LogP contribution in [0.5, 0.6) is 0 Å². The largest absolute Gasteiger partial charge is 0.362 e. The van der Waals surface area contributed by atoms with Crippen LogP contribution >= 0.6 is 0 Å². The van der Waals surface area contributed by atoms with Crippen LogP contribution in [0.3, 0.4) is 0 Å². The van der Waals surface area contributed by atoms with Gasteiger partial charge in [0.15, 0.2) is 5.82 Å². The molecule has 124 valence electrons. The van der Waals surface area contributed by atoms with E-state index in [0.29, 0.717) is 0 Å². The third-order valence-corrected chi connectivity index (χ3v) is 5.05. The number of rotatable bonds is 3. The molecule has 0 saturated carbocycles. The van der Waals surface area contributed by atoms with Crippen LogP contribution in [0.4, 0.5) is 5.82 Å². The van der Waals surface area contributed by atoms with E-state index in [2.05, 4.69) is 80.5 Å². The predicted molar refractivity (Wildman–Crippen MR) is 102 cm³/mol. The Morgan fingerprint density at radius 3 is 2.21 bits per heavy atom. The maximum atomic E-state index is 4.43. The molecule has 2 aromatic carbocycles. The van der Waals surface area contributed by atoms with E-state index in [4.69, 9.17) is 0 Å². The monoisotopic (exact) mass is 319 g/mol. The van der Waals surface area contributed by atoms with Gasteiger partial charge in [0, 0.05) is 10.8 Å².